The predicted octanol–water partition coefficient (Wildman–Crippen LogP) is 2.27. The van der Waals surface area contributed by atoms with Crippen molar-refractivity contribution in [1.82, 2.24) is 10.6 Å². The van der Waals surface area contributed by atoms with Crippen LogP contribution in [0.25, 0.3) is 5.70 Å². The smallest absolute Gasteiger partial charge is 0.242 e. The largest absolute Gasteiger partial charge is 0.397 e. The van der Waals surface area contributed by atoms with Crippen LogP contribution in [-0.4, -0.2) is 19.0 Å². The van der Waals surface area contributed by atoms with E-state index in [0.717, 1.165) is 12.0 Å². The predicted molar refractivity (Wildman–Crippen MR) is 84.0 cm³/mol. The normalized spacial score (nSPS) is 12.6. The Morgan fingerprint density at radius 2 is 2.20 bits per heavy atom. The van der Waals surface area contributed by atoms with Crippen LogP contribution in [0.4, 0.5) is 0 Å². The molecule has 1 amide bonds. The van der Waals surface area contributed by atoms with Gasteiger partial charge in [0.1, 0.15) is 6.04 Å². The lowest BCUT2D eigenvalue weighted by atomic mass is 10.1. The summed E-state index contributed by atoms with van der Waals surface area (Å²) < 4.78 is 0. The van der Waals surface area contributed by atoms with Crippen LogP contribution in [0.3, 0.4) is 0 Å². The molecule has 4 nitrogen and oxygen atoms in total. The van der Waals surface area contributed by atoms with Crippen molar-refractivity contribution < 1.29 is 4.79 Å². The Morgan fingerprint density at radius 1 is 1.50 bits per heavy atom. The molecular formula is C15H20ClN3O. The second kappa shape index (κ2) is 8.27. The fraction of sp³-hybridized carbons (Fsp3) is 0.267. The van der Waals surface area contributed by atoms with E-state index in [0.29, 0.717) is 17.1 Å². The highest BCUT2D eigenvalue weighted by Gasteiger charge is 2.14. The van der Waals surface area contributed by atoms with Crippen molar-refractivity contribution in [1.29, 1.82) is 0 Å². The van der Waals surface area contributed by atoms with Crippen LogP contribution in [0.1, 0.15) is 18.4 Å². The molecule has 0 aliphatic carbocycles. The van der Waals surface area contributed by atoms with E-state index in [1.54, 1.807) is 25.4 Å². The second-order valence-corrected chi connectivity index (χ2v) is 4.69. The summed E-state index contributed by atoms with van der Waals surface area (Å²) in [5.41, 5.74) is 7.20. The standard InChI is InChI=1S/C15H20ClN3O/c1-3-4-9-14(15(20)18-2)19-10-13(17)11-7-5-6-8-12(11)16/h3,5-8,10,14,19H,1,4,9,17H2,2H3,(H,18,20)/b13-10-. The Hall–Kier alpha value is -1.94. The molecule has 0 aromatic heterocycles. The fourth-order valence-electron chi connectivity index (χ4n) is 1.71. The summed E-state index contributed by atoms with van der Waals surface area (Å²) in [4.78, 5) is 11.7. The van der Waals surface area contributed by atoms with Gasteiger partial charge in [0.05, 0.1) is 5.70 Å². The number of halogens is 1. The summed E-state index contributed by atoms with van der Waals surface area (Å²) in [6.07, 6.45) is 4.78. The van der Waals surface area contributed by atoms with Gasteiger partial charge in [-0.25, -0.2) is 0 Å². The van der Waals surface area contributed by atoms with Crippen molar-refractivity contribution in [3.63, 3.8) is 0 Å². The van der Waals surface area contributed by atoms with Gasteiger partial charge in [-0.1, -0.05) is 35.9 Å². The van der Waals surface area contributed by atoms with Crippen LogP contribution in [0.5, 0.6) is 0 Å². The minimum atomic E-state index is -0.348. The van der Waals surface area contributed by atoms with Gasteiger partial charge in [-0.3, -0.25) is 4.79 Å². The Bertz CT molecular complexity index is 500. The molecule has 0 saturated carbocycles. The fourth-order valence-corrected chi connectivity index (χ4v) is 1.96. The third-order valence-corrected chi connectivity index (χ3v) is 3.18. The SMILES string of the molecule is C=CCCC(N/C=C(\N)c1ccccc1Cl)C(=O)NC. The Kier molecular flexibility index (Phi) is 6.67. The topological polar surface area (TPSA) is 67.1 Å². The quantitative estimate of drug-likeness (QED) is 0.676. The van der Waals surface area contributed by atoms with Crippen LogP contribution in [-0.2, 0) is 4.79 Å². The summed E-state index contributed by atoms with van der Waals surface area (Å²) >= 11 is 6.07. The highest BCUT2D eigenvalue weighted by molar-refractivity contribution is 6.32. The lowest BCUT2D eigenvalue weighted by Gasteiger charge is -2.15. The van der Waals surface area contributed by atoms with E-state index in [1.807, 2.05) is 18.2 Å². The molecule has 0 radical (unpaired) electrons. The molecule has 4 N–H and O–H groups in total. The van der Waals surface area contributed by atoms with E-state index in [9.17, 15) is 4.79 Å². The van der Waals surface area contributed by atoms with E-state index in [1.165, 1.54) is 0 Å². The highest BCUT2D eigenvalue weighted by atomic mass is 35.5. The number of allylic oxidation sites excluding steroid dienone is 1. The van der Waals surface area contributed by atoms with Gasteiger partial charge in [-0.15, -0.1) is 6.58 Å². The molecule has 1 aromatic carbocycles. The summed E-state index contributed by atoms with van der Waals surface area (Å²) in [5, 5.41) is 6.22. The number of likely N-dealkylation sites (N-methyl/N-ethyl adjacent to an activating group) is 1. The van der Waals surface area contributed by atoms with Crippen molar-refractivity contribution in [2.75, 3.05) is 7.05 Å². The molecule has 108 valence electrons. The van der Waals surface area contributed by atoms with Crippen molar-refractivity contribution in [2.45, 2.75) is 18.9 Å². The number of carbonyl (C=O) groups excluding carboxylic acids is 1. The number of nitrogens with two attached hydrogens (primary N) is 1. The lowest BCUT2D eigenvalue weighted by molar-refractivity contribution is -0.122. The molecule has 5 heteroatoms. The summed E-state index contributed by atoms with van der Waals surface area (Å²) in [6, 6.07) is 6.94. The Morgan fingerprint density at radius 3 is 2.80 bits per heavy atom. The molecule has 1 aromatic rings. The molecule has 0 spiro atoms. The molecule has 0 aliphatic heterocycles. The molecule has 0 saturated heterocycles. The molecule has 1 atom stereocenters. The first-order chi connectivity index (χ1) is 9.60. The van der Waals surface area contributed by atoms with E-state index < -0.39 is 0 Å². The number of nitrogens with one attached hydrogen (secondary N) is 2. The third kappa shape index (κ3) is 4.63. The van der Waals surface area contributed by atoms with Crippen LogP contribution < -0.4 is 16.4 Å². The van der Waals surface area contributed by atoms with Gasteiger partial charge in [0.25, 0.3) is 0 Å². The molecule has 1 unspecified atom stereocenters. The van der Waals surface area contributed by atoms with Crippen molar-refractivity contribution in [3.05, 3.63) is 53.7 Å². The van der Waals surface area contributed by atoms with Crippen LogP contribution in [0.15, 0.2) is 43.1 Å². The molecular weight excluding hydrogens is 274 g/mol. The third-order valence-electron chi connectivity index (χ3n) is 2.85. The van der Waals surface area contributed by atoms with Crippen LogP contribution in [0, 0.1) is 0 Å². The number of hydrogen-bond donors (Lipinski definition) is 3. The van der Waals surface area contributed by atoms with E-state index >= 15 is 0 Å². The monoisotopic (exact) mass is 293 g/mol. The summed E-state index contributed by atoms with van der Waals surface area (Å²) in [7, 11) is 1.60. The van der Waals surface area contributed by atoms with Gasteiger partial charge in [-0.2, -0.15) is 0 Å². The van der Waals surface area contributed by atoms with Gasteiger partial charge in [-0.05, 0) is 18.9 Å². The first-order valence-corrected chi connectivity index (χ1v) is 6.77. The number of carbonyl (C=O) groups is 1. The first-order valence-electron chi connectivity index (χ1n) is 6.39. The molecule has 20 heavy (non-hydrogen) atoms. The Labute approximate surface area is 124 Å². The first kappa shape index (κ1) is 16.1. The zero-order chi connectivity index (χ0) is 15.0. The number of rotatable bonds is 7. The molecule has 1 rings (SSSR count). The summed E-state index contributed by atoms with van der Waals surface area (Å²) in [6.45, 7) is 3.66. The highest BCUT2D eigenvalue weighted by Crippen LogP contribution is 2.19. The van der Waals surface area contributed by atoms with Crippen molar-refractivity contribution in [3.8, 4) is 0 Å². The molecule has 0 heterocycles. The Balaban J connectivity index is 2.78. The zero-order valence-corrected chi connectivity index (χ0v) is 12.3. The van der Waals surface area contributed by atoms with Gasteiger partial charge >= 0.3 is 0 Å². The maximum Gasteiger partial charge on any atom is 0.242 e. The van der Waals surface area contributed by atoms with Crippen LogP contribution >= 0.6 is 11.6 Å². The maximum absolute atomic E-state index is 11.7. The maximum atomic E-state index is 11.7. The number of amides is 1. The molecule has 0 bridgehead atoms. The molecule has 0 aliphatic rings. The van der Waals surface area contributed by atoms with E-state index in [2.05, 4.69) is 17.2 Å². The van der Waals surface area contributed by atoms with Gasteiger partial charge < -0.3 is 16.4 Å². The van der Waals surface area contributed by atoms with E-state index in [-0.39, 0.29) is 11.9 Å². The van der Waals surface area contributed by atoms with Gasteiger partial charge in [0.15, 0.2) is 0 Å². The van der Waals surface area contributed by atoms with E-state index in [4.69, 9.17) is 17.3 Å². The van der Waals surface area contributed by atoms with Gasteiger partial charge in [0.2, 0.25) is 5.91 Å². The lowest BCUT2D eigenvalue weighted by Crippen LogP contribution is -2.40. The average molecular weight is 294 g/mol. The molecule has 0 fully saturated rings. The van der Waals surface area contributed by atoms with Crippen molar-refractivity contribution >= 4 is 23.2 Å². The van der Waals surface area contributed by atoms with Gasteiger partial charge in [0, 0.05) is 23.8 Å². The minimum Gasteiger partial charge on any atom is -0.397 e. The van der Waals surface area contributed by atoms with Crippen molar-refractivity contribution in [2.24, 2.45) is 5.73 Å². The average Bonchev–Trinajstić information content (AvgIpc) is 2.46. The minimum absolute atomic E-state index is 0.0879. The number of hydrogen-bond acceptors (Lipinski definition) is 3. The summed E-state index contributed by atoms with van der Waals surface area (Å²) in [5.74, 6) is -0.0879. The second-order valence-electron chi connectivity index (χ2n) is 4.28. The number of benzene rings is 1. The zero-order valence-electron chi connectivity index (χ0n) is 11.5. The van der Waals surface area contributed by atoms with Crippen LogP contribution in [0.2, 0.25) is 5.02 Å².